The van der Waals surface area contributed by atoms with Crippen molar-refractivity contribution in [1.29, 1.82) is 0 Å². The summed E-state index contributed by atoms with van der Waals surface area (Å²) in [6, 6.07) is 9.52. The molecule has 2 aromatic rings. The monoisotopic (exact) mass is 275 g/mol. The van der Waals surface area contributed by atoms with E-state index in [4.69, 9.17) is 0 Å². The molecule has 0 aliphatic heterocycles. The summed E-state index contributed by atoms with van der Waals surface area (Å²) >= 11 is 0. The molecule has 2 rings (SSSR count). The number of hydrogen-bond acceptors (Lipinski definition) is 2. The van der Waals surface area contributed by atoms with E-state index >= 15 is 0 Å². The number of halogens is 2. The highest BCUT2D eigenvalue weighted by atomic mass is 19.1. The fourth-order valence-electron chi connectivity index (χ4n) is 1.75. The van der Waals surface area contributed by atoms with Gasteiger partial charge in [-0.2, -0.15) is 0 Å². The highest BCUT2D eigenvalue weighted by Crippen LogP contribution is 2.15. The van der Waals surface area contributed by atoms with Gasteiger partial charge in [0.05, 0.1) is 4.92 Å². The van der Waals surface area contributed by atoms with E-state index in [2.05, 4.69) is 0 Å². The number of nitrogens with zero attached hydrogens (tertiary/aromatic N) is 1. The first-order valence-corrected chi connectivity index (χ1v) is 5.91. The molecule has 0 N–H and O–H groups in total. The zero-order chi connectivity index (χ0) is 14.5. The maximum absolute atomic E-state index is 13.4. The molecule has 0 amide bonds. The van der Waals surface area contributed by atoms with Gasteiger partial charge in [-0.1, -0.05) is 30.4 Å². The Kier molecular flexibility index (Phi) is 4.20. The molecule has 0 spiro atoms. The number of non-ortho nitro benzene ring substituents is 1. The van der Waals surface area contributed by atoms with E-state index in [1.807, 2.05) is 0 Å². The summed E-state index contributed by atoms with van der Waals surface area (Å²) in [6.45, 7) is 0. The summed E-state index contributed by atoms with van der Waals surface area (Å²) in [5.41, 5.74) is 1.02. The highest BCUT2D eigenvalue weighted by molar-refractivity contribution is 5.53. The first kappa shape index (κ1) is 13.9. The zero-order valence-corrected chi connectivity index (χ0v) is 10.4. The summed E-state index contributed by atoms with van der Waals surface area (Å²) in [6.07, 6.45) is 3.62. The van der Waals surface area contributed by atoms with Gasteiger partial charge in [0.15, 0.2) is 0 Å². The summed E-state index contributed by atoms with van der Waals surface area (Å²) in [4.78, 5) is 10.1. The third-order valence-corrected chi connectivity index (χ3v) is 2.74. The average Bonchev–Trinajstić information content (AvgIpc) is 2.41. The second-order valence-electron chi connectivity index (χ2n) is 4.19. The van der Waals surface area contributed by atoms with Gasteiger partial charge in [-0.05, 0) is 23.6 Å². The minimum atomic E-state index is -0.617. The van der Waals surface area contributed by atoms with Crippen LogP contribution in [0.25, 0.3) is 6.08 Å². The van der Waals surface area contributed by atoms with E-state index in [1.54, 1.807) is 24.3 Å². The van der Waals surface area contributed by atoms with Gasteiger partial charge in [0, 0.05) is 18.2 Å². The van der Waals surface area contributed by atoms with Crippen LogP contribution in [0, 0.1) is 21.7 Å². The van der Waals surface area contributed by atoms with Gasteiger partial charge in [-0.25, -0.2) is 8.78 Å². The van der Waals surface area contributed by atoms with Gasteiger partial charge in [0.25, 0.3) is 5.69 Å². The molecular formula is C15H11F2NO2. The predicted octanol–water partition coefficient (Wildman–Crippen LogP) is 4.13. The van der Waals surface area contributed by atoms with Gasteiger partial charge in [-0.3, -0.25) is 10.1 Å². The van der Waals surface area contributed by atoms with Crippen molar-refractivity contribution < 1.29 is 13.7 Å². The number of rotatable bonds is 4. The molecule has 0 bridgehead atoms. The van der Waals surface area contributed by atoms with Crippen LogP contribution in [0.2, 0.25) is 0 Å². The van der Waals surface area contributed by atoms with Gasteiger partial charge in [0.2, 0.25) is 0 Å². The molecule has 20 heavy (non-hydrogen) atoms. The Morgan fingerprint density at radius 1 is 1.15 bits per heavy atom. The molecule has 0 saturated carbocycles. The molecule has 0 heterocycles. The summed E-state index contributed by atoms with van der Waals surface area (Å²) in [5.74, 6) is -1.22. The maximum atomic E-state index is 13.4. The minimum Gasteiger partial charge on any atom is -0.258 e. The SMILES string of the molecule is O=[N+]([O-])c1cccc(/C=C/Cc2ccc(F)cc2F)c1. The van der Waals surface area contributed by atoms with E-state index in [9.17, 15) is 18.9 Å². The molecule has 0 atom stereocenters. The molecule has 0 saturated heterocycles. The van der Waals surface area contributed by atoms with Gasteiger partial charge in [-0.15, -0.1) is 0 Å². The normalized spacial score (nSPS) is 10.9. The van der Waals surface area contributed by atoms with Crippen molar-refractivity contribution >= 4 is 11.8 Å². The fraction of sp³-hybridized carbons (Fsp3) is 0.0667. The Bertz CT molecular complexity index is 669. The van der Waals surface area contributed by atoms with Crippen molar-refractivity contribution in [3.05, 3.63) is 81.4 Å². The van der Waals surface area contributed by atoms with E-state index in [-0.39, 0.29) is 12.1 Å². The summed E-state index contributed by atoms with van der Waals surface area (Å²) in [5, 5.41) is 10.6. The van der Waals surface area contributed by atoms with Crippen LogP contribution in [-0.2, 0) is 6.42 Å². The molecule has 0 aromatic heterocycles. The van der Waals surface area contributed by atoms with Crippen molar-refractivity contribution in [3.8, 4) is 0 Å². The smallest absolute Gasteiger partial charge is 0.258 e. The van der Waals surface area contributed by atoms with E-state index in [0.717, 1.165) is 6.07 Å². The first-order chi connectivity index (χ1) is 9.56. The Labute approximate surface area is 114 Å². The van der Waals surface area contributed by atoms with Crippen LogP contribution < -0.4 is 0 Å². The lowest BCUT2D eigenvalue weighted by Crippen LogP contribution is -1.89. The summed E-state index contributed by atoms with van der Waals surface area (Å²) in [7, 11) is 0. The van der Waals surface area contributed by atoms with E-state index in [1.165, 1.54) is 24.3 Å². The lowest BCUT2D eigenvalue weighted by molar-refractivity contribution is -0.384. The van der Waals surface area contributed by atoms with Crippen LogP contribution in [0.3, 0.4) is 0 Å². The van der Waals surface area contributed by atoms with Crippen molar-refractivity contribution in [2.24, 2.45) is 0 Å². The molecule has 5 heteroatoms. The van der Waals surface area contributed by atoms with Crippen molar-refractivity contribution in [2.75, 3.05) is 0 Å². The van der Waals surface area contributed by atoms with Crippen LogP contribution in [0.15, 0.2) is 48.5 Å². The number of hydrogen-bond donors (Lipinski definition) is 0. The van der Waals surface area contributed by atoms with Gasteiger partial charge < -0.3 is 0 Å². The number of benzene rings is 2. The Balaban J connectivity index is 2.10. The molecule has 3 nitrogen and oxygen atoms in total. The average molecular weight is 275 g/mol. The maximum Gasteiger partial charge on any atom is 0.270 e. The van der Waals surface area contributed by atoms with E-state index < -0.39 is 16.6 Å². The molecule has 0 aliphatic rings. The number of nitro groups is 1. The first-order valence-electron chi connectivity index (χ1n) is 5.91. The fourth-order valence-corrected chi connectivity index (χ4v) is 1.75. The van der Waals surface area contributed by atoms with Crippen LogP contribution in [-0.4, -0.2) is 4.92 Å². The summed E-state index contributed by atoms with van der Waals surface area (Å²) < 4.78 is 26.1. The third-order valence-electron chi connectivity index (χ3n) is 2.74. The molecule has 0 radical (unpaired) electrons. The molecule has 0 fully saturated rings. The molecule has 102 valence electrons. The van der Waals surface area contributed by atoms with Crippen LogP contribution in [0.5, 0.6) is 0 Å². The molecule has 0 unspecified atom stereocenters. The zero-order valence-electron chi connectivity index (χ0n) is 10.4. The Morgan fingerprint density at radius 3 is 2.65 bits per heavy atom. The minimum absolute atomic E-state index is 0.000104. The lowest BCUT2D eigenvalue weighted by atomic mass is 10.1. The highest BCUT2D eigenvalue weighted by Gasteiger charge is 2.04. The lowest BCUT2D eigenvalue weighted by Gasteiger charge is -1.99. The molecular weight excluding hydrogens is 264 g/mol. The third kappa shape index (κ3) is 3.47. The van der Waals surface area contributed by atoms with Crippen LogP contribution >= 0.6 is 0 Å². The quantitative estimate of drug-likeness (QED) is 0.622. The molecule has 0 aliphatic carbocycles. The van der Waals surface area contributed by atoms with Crippen LogP contribution in [0.1, 0.15) is 11.1 Å². The van der Waals surface area contributed by atoms with Crippen molar-refractivity contribution in [2.45, 2.75) is 6.42 Å². The molecule has 2 aromatic carbocycles. The second-order valence-corrected chi connectivity index (χ2v) is 4.19. The number of allylic oxidation sites excluding steroid dienone is 1. The van der Waals surface area contributed by atoms with E-state index in [0.29, 0.717) is 11.1 Å². The predicted molar refractivity (Wildman–Crippen MR) is 72.2 cm³/mol. The van der Waals surface area contributed by atoms with Crippen molar-refractivity contribution in [3.63, 3.8) is 0 Å². The number of nitro benzene ring substituents is 1. The van der Waals surface area contributed by atoms with Crippen molar-refractivity contribution in [1.82, 2.24) is 0 Å². The van der Waals surface area contributed by atoms with Gasteiger partial charge >= 0.3 is 0 Å². The second kappa shape index (κ2) is 6.06. The largest absolute Gasteiger partial charge is 0.270 e. The Morgan fingerprint density at radius 2 is 1.95 bits per heavy atom. The van der Waals surface area contributed by atoms with Gasteiger partial charge in [0.1, 0.15) is 11.6 Å². The standard InChI is InChI=1S/C15H11F2NO2/c16-13-8-7-12(15(17)10-13)5-1-3-11-4-2-6-14(9-11)18(19)20/h1-4,6-10H,5H2/b3-1+. The Hall–Kier alpha value is -2.56. The topological polar surface area (TPSA) is 43.1 Å². The van der Waals surface area contributed by atoms with Crippen LogP contribution in [0.4, 0.5) is 14.5 Å².